The molecule has 0 unspecified atom stereocenters. The Morgan fingerprint density at radius 2 is 1.13 bits per heavy atom. The van der Waals surface area contributed by atoms with Gasteiger partial charge in [0.15, 0.2) is 0 Å². The van der Waals surface area contributed by atoms with E-state index in [2.05, 4.69) is 47.8 Å². The average Bonchev–Trinajstić information content (AvgIpc) is 2.97. The first-order valence-corrected chi connectivity index (χ1v) is 15.5. The molecule has 0 spiro atoms. The van der Waals surface area contributed by atoms with Gasteiger partial charge in [-0.15, -0.1) is 0 Å². The molecule has 1 N–H and O–H groups in total. The van der Waals surface area contributed by atoms with Crippen LogP contribution in [0.1, 0.15) is 35.1 Å². The molecule has 1 heterocycles. The van der Waals surface area contributed by atoms with Gasteiger partial charge >= 0.3 is 0 Å². The third-order valence-corrected chi connectivity index (χ3v) is 12.3. The molecule has 0 amide bonds. The van der Waals surface area contributed by atoms with Crippen LogP contribution in [0.4, 0.5) is 14.5 Å². The molecular weight excluding hydrogens is 511 g/mol. The Labute approximate surface area is 227 Å². The molecule has 0 saturated heterocycles. The summed E-state index contributed by atoms with van der Waals surface area (Å²) >= 11 is 6.70. The predicted molar refractivity (Wildman–Crippen MR) is 158 cm³/mol. The van der Waals surface area contributed by atoms with E-state index in [4.69, 9.17) is 11.8 Å². The Kier molecular flexibility index (Phi) is 6.69. The zero-order chi connectivity index (χ0) is 26.1. The van der Waals surface area contributed by atoms with Crippen LogP contribution in [0, 0.1) is 11.6 Å². The summed E-state index contributed by atoms with van der Waals surface area (Å²) in [7, 11) is 0. The highest BCUT2D eigenvalue weighted by atomic mass is 32.4. The minimum absolute atomic E-state index is 0.0249. The Hall–Kier alpha value is -3.59. The van der Waals surface area contributed by atoms with Gasteiger partial charge in [-0.1, -0.05) is 115 Å². The van der Waals surface area contributed by atoms with Crippen LogP contribution in [-0.4, -0.2) is 0 Å². The van der Waals surface area contributed by atoms with Crippen molar-refractivity contribution >= 4 is 39.4 Å². The quantitative estimate of drug-likeness (QED) is 0.234. The third-order valence-electron chi connectivity index (χ3n) is 7.36. The molecule has 5 heteroatoms. The summed E-state index contributed by atoms with van der Waals surface area (Å²) in [5.41, 5.74) is 4.23. The van der Waals surface area contributed by atoms with E-state index in [9.17, 15) is 8.78 Å². The van der Waals surface area contributed by atoms with E-state index in [1.807, 2.05) is 60.7 Å². The smallest absolute Gasteiger partial charge is 0.123 e. The number of benzene rings is 5. The van der Waals surface area contributed by atoms with Gasteiger partial charge in [-0.05, 0) is 58.0 Å². The van der Waals surface area contributed by atoms with Gasteiger partial charge in [-0.3, -0.25) is 0 Å². The lowest BCUT2D eigenvalue weighted by Crippen LogP contribution is -2.31. The van der Waals surface area contributed by atoms with Crippen LogP contribution >= 0.6 is 6.04 Å². The summed E-state index contributed by atoms with van der Waals surface area (Å²) in [5.74, 6) is -0.489. The maximum atomic E-state index is 13.9. The van der Waals surface area contributed by atoms with Crippen LogP contribution in [-0.2, 0) is 11.8 Å². The third kappa shape index (κ3) is 4.49. The van der Waals surface area contributed by atoms with Gasteiger partial charge in [0.25, 0.3) is 0 Å². The van der Waals surface area contributed by atoms with Crippen molar-refractivity contribution in [1.82, 2.24) is 0 Å². The lowest BCUT2D eigenvalue weighted by atomic mass is 9.80. The van der Waals surface area contributed by atoms with Gasteiger partial charge < -0.3 is 5.32 Å². The fourth-order valence-corrected chi connectivity index (χ4v) is 9.52. The first-order valence-electron chi connectivity index (χ1n) is 12.7. The summed E-state index contributed by atoms with van der Waals surface area (Å²) in [6, 6.07) is 38.1. The predicted octanol–water partition coefficient (Wildman–Crippen LogP) is 7.41. The summed E-state index contributed by atoms with van der Waals surface area (Å²) in [6.45, 7) is 0. The van der Waals surface area contributed by atoms with Crippen molar-refractivity contribution in [2.24, 2.45) is 0 Å². The summed E-state index contributed by atoms with van der Waals surface area (Å²) in [4.78, 5) is 0. The number of nitrogens with one attached hydrogen (secondary N) is 1. The normalized spacial score (nSPS) is 16.9. The summed E-state index contributed by atoms with van der Waals surface area (Å²) in [6.07, 6.45) is 0.757. The first kappa shape index (κ1) is 24.7. The van der Waals surface area contributed by atoms with E-state index in [1.165, 1.54) is 24.3 Å². The molecule has 0 saturated carbocycles. The lowest BCUT2D eigenvalue weighted by Gasteiger charge is -2.37. The monoisotopic (exact) mass is 537 g/mol. The number of halogens is 2. The largest absolute Gasteiger partial charge is 0.377 e. The minimum Gasteiger partial charge on any atom is -0.377 e. The topological polar surface area (TPSA) is 12.0 Å². The maximum absolute atomic E-state index is 13.9. The molecule has 0 radical (unpaired) electrons. The zero-order valence-corrected chi connectivity index (χ0v) is 22.3. The molecule has 5 aromatic carbocycles. The van der Waals surface area contributed by atoms with Crippen LogP contribution in [0.15, 0.2) is 127 Å². The zero-order valence-electron chi connectivity index (χ0n) is 20.6. The number of rotatable bonds is 5. The lowest BCUT2D eigenvalue weighted by molar-refractivity contribution is 0.594. The number of hydrogen-bond donors (Lipinski definition) is 1. The molecule has 1 aliphatic rings. The van der Waals surface area contributed by atoms with Gasteiger partial charge in [0.1, 0.15) is 11.6 Å². The molecule has 1 nitrogen and oxygen atoms in total. The van der Waals surface area contributed by atoms with E-state index >= 15 is 0 Å². The van der Waals surface area contributed by atoms with Crippen LogP contribution in [0.3, 0.4) is 0 Å². The van der Waals surface area contributed by atoms with Crippen LogP contribution in [0.5, 0.6) is 0 Å². The van der Waals surface area contributed by atoms with E-state index in [0.717, 1.165) is 44.7 Å². The molecule has 1 aliphatic heterocycles. The second kappa shape index (κ2) is 10.3. The molecular formula is C33H26F2NPS. The molecule has 2 atom stereocenters. The highest BCUT2D eigenvalue weighted by Gasteiger charge is 2.35. The number of anilines is 1. The Morgan fingerprint density at radius 1 is 0.605 bits per heavy atom. The van der Waals surface area contributed by atoms with Crippen molar-refractivity contribution in [1.29, 1.82) is 0 Å². The molecule has 6 rings (SSSR count). The standard InChI is InChI=1S/C33H26F2NPS/c34-25-18-14-23(15-19-25)30-22-31(24-16-20-26(35)21-17-24)36-33-29(30)12-7-13-32(33)37(38,27-8-3-1-4-9-27)28-10-5-2-6-11-28/h1-21,30-31,36H,22H2/t30-,31+/m1/s1. The van der Waals surface area contributed by atoms with Gasteiger partial charge in [-0.2, -0.15) is 0 Å². The average molecular weight is 538 g/mol. The van der Waals surface area contributed by atoms with Crippen molar-refractivity contribution in [2.45, 2.75) is 18.4 Å². The molecule has 5 aromatic rings. The van der Waals surface area contributed by atoms with Gasteiger partial charge in [0.05, 0.1) is 6.04 Å². The molecule has 188 valence electrons. The molecule has 0 fully saturated rings. The van der Waals surface area contributed by atoms with Crippen LogP contribution in [0.2, 0.25) is 0 Å². The van der Waals surface area contributed by atoms with Crippen molar-refractivity contribution in [3.8, 4) is 0 Å². The van der Waals surface area contributed by atoms with Gasteiger partial charge in [0.2, 0.25) is 0 Å². The number of hydrogen-bond acceptors (Lipinski definition) is 2. The van der Waals surface area contributed by atoms with E-state index in [0.29, 0.717) is 0 Å². The van der Waals surface area contributed by atoms with Crippen molar-refractivity contribution in [3.05, 3.63) is 156 Å². The van der Waals surface area contributed by atoms with E-state index in [1.54, 1.807) is 0 Å². The fraction of sp³-hybridized carbons (Fsp3) is 0.0909. The number of para-hydroxylation sites is 1. The SMILES string of the molecule is Fc1ccc([C@H]2C[C@@H](c3ccc(F)cc3)Nc3c2cccc3P(=S)(c2ccccc2)c2ccccc2)cc1. The highest BCUT2D eigenvalue weighted by Crippen LogP contribution is 2.50. The number of fused-ring (bicyclic) bond motifs is 1. The molecule has 0 bridgehead atoms. The summed E-state index contributed by atoms with van der Waals surface area (Å²) in [5, 5.41) is 7.17. The second-order valence-corrected chi connectivity index (χ2v) is 14.0. The van der Waals surface area contributed by atoms with Crippen molar-refractivity contribution in [3.63, 3.8) is 0 Å². The summed E-state index contributed by atoms with van der Waals surface area (Å²) < 4.78 is 27.7. The fourth-order valence-electron chi connectivity index (χ4n) is 5.49. The molecule has 0 aliphatic carbocycles. The van der Waals surface area contributed by atoms with Crippen molar-refractivity contribution in [2.75, 3.05) is 5.32 Å². The Balaban J connectivity index is 1.59. The second-order valence-electron chi connectivity index (χ2n) is 9.61. The Bertz CT molecular complexity index is 1560. The molecule has 38 heavy (non-hydrogen) atoms. The van der Waals surface area contributed by atoms with Gasteiger partial charge in [0, 0.05) is 22.9 Å². The Morgan fingerprint density at radius 3 is 1.68 bits per heavy atom. The van der Waals surface area contributed by atoms with Crippen molar-refractivity contribution < 1.29 is 8.78 Å². The maximum Gasteiger partial charge on any atom is 0.123 e. The van der Waals surface area contributed by atoms with E-state index < -0.39 is 6.04 Å². The van der Waals surface area contributed by atoms with Crippen LogP contribution in [0.25, 0.3) is 0 Å². The van der Waals surface area contributed by atoms with E-state index in [-0.39, 0.29) is 23.6 Å². The molecule has 0 aromatic heterocycles. The first-order chi connectivity index (χ1) is 18.5. The highest BCUT2D eigenvalue weighted by molar-refractivity contribution is 8.25. The minimum atomic E-state index is -2.44. The van der Waals surface area contributed by atoms with Gasteiger partial charge in [-0.25, -0.2) is 8.78 Å². The van der Waals surface area contributed by atoms with Crippen LogP contribution < -0.4 is 21.2 Å².